The molecule has 118 valence electrons. The number of amides is 1. The van der Waals surface area contributed by atoms with Gasteiger partial charge in [-0.15, -0.1) is 0 Å². The molecule has 0 radical (unpaired) electrons. The van der Waals surface area contributed by atoms with Gasteiger partial charge in [0.15, 0.2) is 6.10 Å². The number of rotatable bonds is 7. The molecule has 0 saturated carbocycles. The summed E-state index contributed by atoms with van der Waals surface area (Å²) in [4.78, 5) is 11.5. The molecule has 21 heavy (non-hydrogen) atoms. The lowest BCUT2D eigenvalue weighted by Crippen LogP contribution is -2.33. The first-order valence-corrected chi connectivity index (χ1v) is 8.22. The van der Waals surface area contributed by atoms with E-state index in [1.54, 1.807) is 6.92 Å². The van der Waals surface area contributed by atoms with E-state index in [1.807, 2.05) is 13.8 Å². The molecule has 0 aliphatic heterocycles. The molecule has 0 aromatic heterocycles. The lowest BCUT2D eigenvalue weighted by atomic mass is 10.2. The van der Waals surface area contributed by atoms with E-state index in [0.717, 1.165) is 0 Å². The Hall–Kier alpha value is -1.60. The number of carbonyl (C=O) groups excluding carboxylic acids is 1. The summed E-state index contributed by atoms with van der Waals surface area (Å²) < 4.78 is 32.0. The fourth-order valence-corrected chi connectivity index (χ4v) is 2.73. The van der Waals surface area contributed by atoms with Crippen molar-refractivity contribution in [2.24, 2.45) is 5.92 Å². The smallest absolute Gasteiger partial charge is 0.260 e. The number of sulfonamides is 1. The minimum Gasteiger partial charge on any atom is -0.481 e. The zero-order valence-electron chi connectivity index (χ0n) is 12.7. The zero-order valence-corrected chi connectivity index (χ0v) is 13.5. The summed E-state index contributed by atoms with van der Waals surface area (Å²) in [6.07, 6.45) is -0.642. The van der Waals surface area contributed by atoms with Gasteiger partial charge in [-0.05, 0) is 37.1 Å². The van der Waals surface area contributed by atoms with E-state index < -0.39 is 16.1 Å². The number of hydrogen-bond donors (Lipinski definition) is 2. The molecule has 1 rings (SSSR count). The largest absolute Gasteiger partial charge is 0.481 e. The molecule has 0 aliphatic rings. The van der Waals surface area contributed by atoms with Gasteiger partial charge in [-0.1, -0.05) is 13.8 Å². The van der Waals surface area contributed by atoms with Gasteiger partial charge in [-0.25, -0.2) is 13.1 Å². The molecule has 1 aromatic carbocycles. The number of ether oxygens (including phenoxy) is 1. The summed E-state index contributed by atoms with van der Waals surface area (Å²) in [5, 5.41) is 2.48. The van der Waals surface area contributed by atoms with Crippen molar-refractivity contribution in [2.75, 3.05) is 13.6 Å². The van der Waals surface area contributed by atoms with E-state index in [0.29, 0.717) is 12.3 Å². The fraction of sp³-hybridized carbons (Fsp3) is 0.500. The predicted molar refractivity (Wildman–Crippen MR) is 80.6 cm³/mol. The average Bonchev–Trinajstić information content (AvgIpc) is 2.45. The van der Waals surface area contributed by atoms with Gasteiger partial charge in [-0.3, -0.25) is 4.79 Å². The predicted octanol–water partition coefficient (Wildman–Crippen LogP) is 1.13. The molecule has 0 spiro atoms. The van der Waals surface area contributed by atoms with Crippen molar-refractivity contribution in [3.63, 3.8) is 0 Å². The maximum atomic E-state index is 12.0. The summed E-state index contributed by atoms with van der Waals surface area (Å²) in [5.74, 6) is 0.426. The Morgan fingerprint density at radius 2 is 1.76 bits per heavy atom. The van der Waals surface area contributed by atoms with Crippen LogP contribution in [0.4, 0.5) is 0 Å². The number of benzene rings is 1. The number of carbonyl (C=O) groups is 1. The maximum Gasteiger partial charge on any atom is 0.260 e. The first-order chi connectivity index (χ1) is 9.76. The minimum atomic E-state index is -3.51. The molecule has 0 unspecified atom stereocenters. The van der Waals surface area contributed by atoms with Crippen LogP contribution in [0, 0.1) is 5.92 Å². The Labute approximate surface area is 125 Å². The van der Waals surface area contributed by atoms with Gasteiger partial charge in [0.05, 0.1) is 4.90 Å². The highest BCUT2D eigenvalue weighted by atomic mass is 32.2. The van der Waals surface area contributed by atoms with Gasteiger partial charge in [0.2, 0.25) is 10.0 Å². The Morgan fingerprint density at radius 1 is 1.19 bits per heavy atom. The van der Waals surface area contributed by atoms with Crippen molar-refractivity contribution in [2.45, 2.75) is 31.8 Å². The highest BCUT2D eigenvalue weighted by Crippen LogP contribution is 2.17. The van der Waals surface area contributed by atoms with Gasteiger partial charge in [0.25, 0.3) is 5.91 Å². The van der Waals surface area contributed by atoms with Gasteiger partial charge in [0.1, 0.15) is 5.75 Å². The van der Waals surface area contributed by atoms with E-state index in [9.17, 15) is 13.2 Å². The van der Waals surface area contributed by atoms with Gasteiger partial charge in [0, 0.05) is 13.6 Å². The maximum absolute atomic E-state index is 12.0. The first kappa shape index (κ1) is 17.5. The topological polar surface area (TPSA) is 84.5 Å². The van der Waals surface area contributed by atoms with E-state index in [4.69, 9.17) is 4.74 Å². The molecule has 0 saturated heterocycles. The van der Waals surface area contributed by atoms with Crippen LogP contribution in [0.5, 0.6) is 5.75 Å². The minimum absolute atomic E-state index is 0.170. The molecular formula is C14H22N2O4S. The fourth-order valence-electron chi connectivity index (χ4n) is 1.52. The monoisotopic (exact) mass is 314 g/mol. The summed E-state index contributed by atoms with van der Waals surface area (Å²) >= 11 is 0. The SMILES string of the molecule is CNC(=O)[C@@H](C)Oc1ccc(S(=O)(=O)NCC(C)C)cc1. The van der Waals surface area contributed by atoms with Crippen molar-refractivity contribution in [1.29, 1.82) is 0 Å². The molecule has 0 heterocycles. The summed E-state index contributed by atoms with van der Waals surface area (Å²) in [5.41, 5.74) is 0. The van der Waals surface area contributed by atoms with Crippen molar-refractivity contribution in [3.8, 4) is 5.75 Å². The Morgan fingerprint density at radius 3 is 2.24 bits per heavy atom. The van der Waals surface area contributed by atoms with Crippen LogP contribution in [0.2, 0.25) is 0 Å². The molecule has 1 atom stereocenters. The second kappa shape index (κ2) is 7.42. The molecule has 7 heteroatoms. The first-order valence-electron chi connectivity index (χ1n) is 6.74. The van der Waals surface area contributed by atoms with Gasteiger partial charge in [-0.2, -0.15) is 0 Å². The van der Waals surface area contributed by atoms with Gasteiger partial charge >= 0.3 is 0 Å². The standard InChI is InChI=1S/C14H22N2O4S/c1-10(2)9-16-21(18,19)13-7-5-12(6-8-13)20-11(3)14(17)15-4/h5-8,10-11,16H,9H2,1-4H3,(H,15,17)/t11-/m1/s1. The third kappa shape index (κ3) is 5.35. The van der Waals surface area contributed by atoms with E-state index >= 15 is 0 Å². The Balaban J connectivity index is 2.76. The third-order valence-electron chi connectivity index (χ3n) is 2.74. The summed E-state index contributed by atoms with van der Waals surface area (Å²) in [6.45, 7) is 5.86. The second-order valence-electron chi connectivity index (χ2n) is 5.09. The Kier molecular flexibility index (Phi) is 6.17. The molecular weight excluding hydrogens is 292 g/mol. The van der Waals surface area contributed by atoms with Crippen molar-refractivity contribution in [3.05, 3.63) is 24.3 Å². The highest BCUT2D eigenvalue weighted by Gasteiger charge is 2.16. The third-order valence-corrected chi connectivity index (χ3v) is 4.18. The molecule has 1 aromatic rings. The van der Waals surface area contributed by atoms with Crippen molar-refractivity contribution < 1.29 is 17.9 Å². The average molecular weight is 314 g/mol. The number of likely N-dealkylation sites (N-methyl/N-ethyl adjacent to an activating group) is 1. The van der Waals surface area contributed by atoms with Crippen LogP contribution < -0.4 is 14.8 Å². The van der Waals surface area contributed by atoms with Crippen molar-refractivity contribution >= 4 is 15.9 Å². The summed E-state index contributed by atoms with van der Waals surface area (Å²) in [7, 11) is -1.98. The van der Waals surface area contributed by atoms with Crippen LogP contribution in [0.1, 0.15) is 20.8 Å². The van der Waals surface area contributed by atoms with Crippen LogP contribution >= 0.6 is 0 Å². The molecule has 6 nitrogen and oxygen atoms in total. The van der Waals surface area contributed by atoms with Crippen LogP contribution in [0.25, 0.3) is 0 Å². The Bertz CT molecular complexity index is 567. The molecule has 0 aliphatic carbocycles. The van der Waals surface area contributed by atoms with E-state index in [1.165, 1.54) is 31.3 Å². The van der Waals surface area contributed by atoms with Crippen LogP contribution in [0.3, 0.4) is 0 Å². The highest BCUT2D eigenvalue weighted by molar-refractivity contribution is 7.89. The van der Waals surface area contributed by atoms with Crippen LogP contribution in [-0.2, 0) is 14.8 Å². The lowest BCUT2D eigenvalue weighted by molar-refractivity contribution is -0.126. The van der Waals surface area contributed by atoms with E-state index in [-0.39, 0.29) is 16.7 Å². The van der Waals surface area contributed by atoms with Crippen LogP contribution in [-0.4, -0.2) is 34.0 Å². The van der Waals surface area contributed by atoms with Gasteiger partial charge < -0.3 is 10.1 Å². The summed E-state index contributed by atoms with van der Waals surface area (Å²) in [6, 6.07) is 5.97. The van der Waals surface area contributed by atoms with Crippen LogP contribution in [0.15, 0.2) is 29.2 Å². The zero-order chi connectivity index (χ0) is 16.0. The normalized spacial score (nSPS) is 13.0. The number of hydrogen-bond acceptors (Lipinski definition) is 4. The quantitative estimate of drug-likeness (QED) is 0.790. The molecule has 0 bridgehead atoms. The molecule has 0 fully saturated rings. The van der Waals surface area contributed by atoms with Crippen molar-refractivity contribution in [1.82, 2.24) is 10.0 Å². The molecule has 2 N–H and O–H groups in total. The molecule has 1 amide bonds. The lowest BCUT2D eigenvalue weighted by Gasteiger charge is -2.13. The number of nitrogens with one attached hydrogen (secondary N) is 2. The second-order valence-corrected chi connectivity index (χ2v) is 6.86. The van der Waals surface area contributed by atoms with E-state index in [2.05, 4.69) is 10.0 Å².